The zero-order valence-corrected chi connectivity index (χ0v) is 7.50. The number of nitrogens with zero attached hydrogens (tertiary/aromatic N) is 1. The smallest absolute Gasteiger partial charge is 0.124 e. The first-order valence-corrected chi connectivity index (χ1v) is 4.24. The first-order chi connectivity index (χ1) is 5.77. The second-order valence-corrected chi connectivity index (χ2v) is 3.17. The molecule has 0 unspecified atom stereocenters. The maximum Gasteiger partial charge on any atom is 0.124 e. The molecular weight excluding hydrogens is 150 g/mol. The average molecular weight is 163 g/mol. The van der Waals surface area contributed by atoms with Crippen molar-refractivity contribution in [1.29, 1.82) is 0 Å². The molecule has 0 fully saturated rings. The third-order valence-electron chi connectivity index (χ3n) is 2.17. The molecule has 0 amide bonds. The SMILES string of the molecule is Cc1cc(N2CC=CC2)c(C)o1. The molecule has 2 heteroatoms. The van der Waals surface area contributed by atoms with E-state index >= 15 is 0 Å². The number of aryl methyl sites for hydroxylation is 2. The minimum absolute atomic E-state index is 0.995. The van der Waals surface area contributed by atoms with E-state index in [1.54, 1.807) is 0 Å². The van der Waals surface area contributed by atoms with Crippen LogP contribution in [0.4, 0.5) is 5.69 Å². The van der Waals surface area contributed by atoms with E-state index < -0.39 is 0 Å². The number of furan rings is 1. The summed E-state index contributed by atoms with van der Waals surface area (Å²) in [4.78, 5) is 2.30. The Morgan fingerprint density at radius 1 is 1.25 bits per heavy atom. The third-order valence-corrected chi connectivity index (χ3v) is 2.17. The summed E-state index contributed by atoms with van der Waals surface area (Å²) in [5.74, 6) is 2.02. The van der Waals surface area contributed by atoms with Gasteiger partial charge < -0.3 is 9.32 Å². The molecule has 0 N–H and O–H groups in total. The van der Waals surface area contributed by atoms with E-state index in [1.165, 1.54) is 5.69 Å². The van der Waals surface area contributed by atoms with Crippen LogP contribution in [-0.2, 0) is 0 Å². The van der Waals surface area contributed by atoms with Crippen LogP contribution >= 0.6 is 0 Å². The van der Waals surface area contributed by atoms with Gasteiger partial charge in [0.05, 0.1) is 5.69 Å². The summed E-state index contributed by atoms with van der Waals surface area (Å²) in [7, 11) is 0. The van der Waals surface area contributed by atoms with Gasteiger partial charge in [-0.25, -0.2) is 0 Å². The van der Waals surface area contributed by atoms with Crippen LogP contribution in [0.2, 0.25) is 0 Å². The second kappa shape index (κ2) is 2.70. The highest BCUT2D eigenvalue weighted by Gasteiger charge is 2.13. The minimum atomic E-state index is 0.995. The fraction of sp³-hybridized carbons (Fsp3) is 0.400. The number of hydrogen-bond acceptors (Lipinski definition) is 2. The van der Waals surface area contributed by atoms with Crippen LogP contribution in [-0.4, -0.2) is 13.1 Å². The molecule has 64 valence electrons. The normalized spacial score (nSPS) is 16.0. The van der Waals surface area contributed by atoms with E-state index in [9.17, 15) is 0 Å². The summed E-state index contributed by atoms with van der Waals surface area (Å²) < 4.78 is 5.46. The standard InChI is InChI=1S/C10H13NO/c1-8-7-10(9(2)12-8)11-5-3-4-6-11/h3-4,7H,5-6H2,1-2H3. The molecule has 0 radical (unpaired) electrons. The van der Waals surface area contributed by atoms with E-state index in [2.05, 4.69) is 23.1 Å². The van der Waals surface area contributed by atoms with Gasteiger partial charge in [-0.05, 0) is 13.8 Å². The van der Waals surface area contributed by atoms with Crippen LogP contribution in [0, 0.1) is 13.8 Å². The van der Waals surface area contributed by atoms with Crippen molar-refractivity contribution in [1.82, 2.24) is 0 Å². The summed E-state index contributed by atoms with van der Waals surface area (Å²) in [6.07, 6.45) is 4.36. The van der Waals surface area contributed by atoms with Crippen LogP contribution in [0.3, 0.4) is 0 Å². The van der Waals surface area contributed by atoms with Crippen molar-refractivity contribution in [2.75, 3.05) is 18.0 Å². The monoisotopic (exact) mass is 163 g/mol. The van der Waals surface area contributed by atoms with Crippen molar-refractivity contribution in [2.45, 2.75) is 13.8 Å². The lowest BCUT2D eigenvalue weighted by Gasteiger charge is -2.15. The highest BCUT2D eigenvalue weighted by atomic mass is 16.3. The fourth-order valence-corrected chi connectivity index (χ4v) is 1.61. The van der Waals surface area contributed by atoms with Gasteiger partial charge in [0, 0.05) is 19.2 Å². The minimum Gasteiger partial charge on any atom is -0.464 e. The molecule has 0 spiro atoms. The van der Waals surface area contributed by atoms with Gasteiger partial charge in [0.15, 0.2) is 0 Å². The molecule has 12 heavy (non-hydrogen) atoms. The summed E-state index contributed by atoms with van der Waals surface area (Å²) >= 11 is 0. The molecule has 0 saturated carbocycles. The van der Waals surface area contributed by atoms with Crippen molar-refractivity contribution in [3.05, 3.63) is 29.7 Å². The third kappa shape index (κ3) is 1.13. The molecule has 0 saturated heterocycles. The molecule has 1 aliphatic rings. The highest BCUT2D eigenvalue weighted by molar-refractivity contribution is 5.53. The van der Waals surface area contributed by atoms with Crippen LogP contribution in [0.15, 0.2) is 22.6 Å². The van der Waals surface area contributed by atoms with Gasteiger partial charge in [-0.1, -0.05) is 12.2 Å². The molecule has 2 nitrogen and oxygen atoms in total. The molecule has 2 heterocycles. The highest BCUT2D eigenvalue weighted by Crippen LogP contribution is 2.25. The van der Waals surface area contributed by atoms with Crippen LogP contribution in [0.25, 0.3) is 0 Å². The second-order valence-electron chi connectivity index (χ2n) is 3.17. The molecule has 1 aliphatic heterocycles. The molecule has 0 aromatic carbocycles. The lowest BCUT2D eigenvalue weighted by Crippen LogP contribution is -2.18. The quantitative estimate of drug-likeness (QED) is 0.590. The van der Waals surface area contributed by atoms with E-state index in [0.29, 0.717) is 0 Å². The van der Waals surface area contributed by atoms with Gasteiger partial charge in [-0.2, -0.15) is 0 Å². The van der Waals surface area contributed by atoms with E-state index in [0.717, 1.165) is 24.6 Å². The maximum atomic E-state index is 5.46. The van der Waals surface area contributed by atoms with Crippen molar-refractivity contribution >= 4 is 5.69 Å². The van der Waals surface area contributed by atoms with Crippen molar-refractivity contribution in [2.24, 2.45) is 0 Å². The molecule has 1 aromatic heterocycles. The molecule has 0 atom stereocenters. The summed E-state index contributed by atoms with van der Waals surface area (Å²) in [6.45, 7) is 6.03. The van der Waals surface area contributed by atoms with Gasteiger partial charge >= 0.3 is 0 Å². The Morgan fingerprint density at radius 3 is 2.42 bits per heavy atom. The molecule has 0 bridgehead atoms. The average Bonchev–Trinajstić information content (AvgIpc) is 2.58. The van der Waals surface area contributed by atoms with E-state index in [-0.39, 0.29) is 0 Å². The largest absolute Gasteiger partial charge is 0.464 e. The number of anilines is 1. The Morgan fingerprint density at radius 2 is 1.92 bits per heavy atom. The van der Waals surface area contributed by atoms with Gasteiger partial charge in [0.25, 0.3) is 0 Å². The molecule has 0 aliphatic carbocycles. The Balaban J connectivity index is 2.27. The Bertz CT molecular complexity index is 304. The van der Waals surface area contributed by atoms with Gasteiger partial charge in [0.1, 0.15) is 11.5 Å². The first-order valence-electron chi connectivity index (χ1n) is 4.24. The lowest BCUT2D eigenvalue weighted by molar-refractivity contribution is 0.504. The van der Waals surface area contributed by atoms with Crippen LogP contribution in [0.1, 0.15) is 11.5 Å². The van der Waals surface area contributed by atoms with Crippen LogP contribution < -0.4 is 4.90 Å². The fourth-order valence-electron chi connectivity index (χ4n) is 1.61. The lowest BCUT2D eigenvalue weighted by atomic mass is 10.3. The number of hydrogen-bond donors (Lipinski definition) is 0. The summed E-state index contributed by atoms with van der Waals surface area (Å²) in [5, 5.41) is 0. The Labute approximate surface area is 72.5 Å². The Kier molecular flexibility index (Phi) is 1.68. The molecule has 2 rings (SSSR count). The van der Waals surface area contributed by atoms with Crippen molar-refractivity contribution < 1.29 is 4.42 Å². The number of rotatable bonds is 1. The summed E-state index contributed by atoms with van der Waals surface area (Å²) in [5.41, 5.74) is 1.23. The zero-order valence-electron chi connectivity index (χ0n) is 7.50. The Hall–Kier alpha value is -1.18. The predicted octanol–water partition coefficient (Wildman–Crippen LogP) is 2.27. The zero-order chi connectivity index (χ0) is 8.55. The van der Waals surface area contributed by atoms with Gasteiger partial charge in [0.2, 0.25) is 0 Å². The molecular formula is C10H13NO. The maximum absolute atomic E-state index is 5.46. The molecule has 1 aromatic rings. The van der Waals surface area contributed by atoms with E-state index in [4.69, 9.17) is 4.42 Å². The van der Waals surface area contributed by atoms with Crippen molar-refractivity contribution in [3.8, 4) is 0 Å². The summed E-state index contributed by atoms with van der Waals surface area (Å²) in [6, 6.07) is 2.10. The topological polar surface area (TPSA) is 16.4 Å². The van der Waals surface area contributed by atoms with Gasteiger partial charge in [-0.3, -0.25) is 0 Å². The van der Waals surface area contributed by atoms with E-state index in [1.807, 2.05) is 13.8 Å². The van der Waals surface area contributed by atoms with Crippen molar-refractivity contribution in [3.63, 3.8) is 0 Å². The first kappa shape index (κ1) is 7.47. The van der Waals surface area contributed by atoms with Crippen LogP contribution in [0.5, 0.6) is 0 Å². The van der Waals surface area contributed by atoms with Gasteiger partial charge in [-0.15, -0.1) is 0 Å². The predicted molar refractivity (Wildman–Crippen MR) is 49.5 cm³/mol.